The minimum Gasteiger partial charge on any atom is -0.438 e. The van der Waals surface area contributed by atoms with E-state index in [0.717, 1.165) is 35.1 Å². The zero-order valence-corrected chi connectivity index (χ0v) is 16.1. The molecule has 0 saturated carbocycles. The number of imidazole rings is 1. The highest BCUT2D eigenvalue weighted by molar-refractivity contribution is 6.08. The third-order valence-electron chi connectivity index (χ3n) is 4.94. The van der Waals surface area contributed by atoms with Crippen LogP contribution in [0.25, 0.3) is 16.6 Å². The molecule has 0 aliphatic carbocycles. The number of hydrogen-bond acceptors (Lipinski definition) is 5. The van der Waals surface area contributed by atoms with Gasteiger partial charge in [-0.2, -0.15) is 0 Å². The third kappa shape index (κ3) is 3.51. The molecule has 0 atom stereocenters. The Morgan fingerprint density at radius 2 is 1.87 bits per heavy atom. The number of hydrogen-bond donors (Lipinski definition) is 1. The number of ether oxygens (including phenoxy) is 1. The van der Waals surface area contributed by atoms with Crippen LogP contribution in [0, 0.1) is 0 Å². The van der Waals surface area contributed by atoms with Crippen molar-refractivity contribution < 1.29 is 9.53 Å². The Balaban J connectivity index is 1.38. The highest BCUT2D eigenvalue weighted by Gasteiger charge is 2.15. The van der Waals surface area contributed by atoms with Crippen molar-refractivity contribution in [2.24, 2.45) is 4.99 Å². The van der Waals surface area contributed by atoms with E-state index in [1.807, 2.05) is 48.7 Å². The van der Waals surface area contributed by atoms with Gasteiger partial charge in [-0.1, -0.05) is 12.1 Å². The molecule has 0 saturated heterocycles. The summed E-state index contributed by atoms with van der Waals surface area (Å²) in [4.78, 5) is 28.9. The summed E-state index contributed by atoms with van der Waals surface area (Å²) in [5, 5.41) is 0. The topological polar surface area (TPSA) is 80.2 Å². The number of allylic oxidation sites excluding steroid dienone is 1. The first-order valence-corrected chi connectivity index (χ1v) is 9.70. The SMILES string of the molecule is O=C(c1ccc(Oc2ncccc2C2=CC=NCC2)cc1)c1nc2ccccc2[nH]1. The molecule has 6 nitrogen and oxygen atoms in total. The molecule has 2 aromatic carbocycles. The number of aliphatic imine (C=N–C) groups is 1. The number of H-pyrrole nitrogens is 1. The number of nitrogens with zero attached hydrogens (tertiary/aromatic N) is 3. The lowest BCUT2D eigenvalue weighted by Gasteiger charge is -2.13. The Morgan fingerprint density at radius 1 is 1.00 bits per heavy atom. The Labute approximate surface area is 173 Å². The molecule has 0 radical (unpaired) electrons. The molecular weight excluding hydrogens is 376 g/mol. The fraction of sp³-hybridized carbons (Fsp3) is 0.0833. The van der Waals surface area contributed by atoms with Crippen molar-refractivity contribution >= 4 is 28.6 Å². The number of carbonyl (C=O) groups excluding carboxylic acids is 1. The van der Waals surface area contributed by atoms with Gasteiger partial charge in [-0.25, -0.2) is 9.97 Å². The molecule has 4 aromatic rings. The van der Waals surface area contributed by atoms with E-state index in [2.05, 4.69) is 19.9 Å². The minimum atomic E-state index is -0.164. The fourth-order valence-electron chi connectivity index (χ4n) is 3.41. The van der Waals surface area contributed by atoms with Gasteiger partial charge in [-0.3, -0.25) is 9.79 Å². The number of fused-ring (bicyclic) bond motifs is 1. The number of aromatic amines is 1. The molecule has 0 bridgehead atoms. The molecular formula is C24H18N4O2. The second kappa shape index (κ2) is 7.75. The number of benzene rings is 2. The van der Waals surface area contributed by atoms with Gasteiger partial charge in [0.15, 0.2) is 5.82 Å². The zero-order valence-electron chi connectivity index (χ0n) is 16.1. The van der Waals surface area contributed by atoms with Crippen LogP contribution in [0.4, 0.5) is 0 Å². The number of aromatic nitrogens is 3. The van der Waals surface area contributed by atoms with Gasteiger partial charge in [0.05, 0.1) is 11.0 Å². The summed E-state index contributed by atoms with van der Waals surface area (Å²) in [6, 6.07) is 18.5. The number of pyridine rings is 1. The Kier molecular flexibility index (Phi) is 4.65. The molecule has 0 amide bonds. The van der Waals surface area contributed by atoms with Crippen molar-refractivity contribution in [1.82, 2.24) is 15.0 Å². The van der Waals surface area contributed by atoms with Gasteiger partial charge >= 0.3 is 0 Å². The Bertz CT molecular complexity index is 1250. The average Bonchev–Trinajstić information content (AvgIpc) is 3.24. The number of dihydropyridines is 1. The third-order valence-corrected chi connectivity index (χ3v) is 4.94. The van der Waals surface area contributed by atoms with Crippen LogP contribution in [0.1, 0.15) is 28.2 Å². The average molecular weight is 394 g/mol. The molecule has 0 spiro atoms. The maximum absolute atomic E-state index is 12.8. The Hall–Kier alpha value is -4.06. The van der Waals surface area contributed by atoms with Crippen molar-refractivity contribution in [2.75, 3.05) is 6.54 Å². The summed E-state index contributed by atoms with van der Waals surface area (Å²) < 4.78 is 6.02. The van der Waals surface area contributed by atoms with Crippen molar-refractivity contribution in [3.63, 3.8) is 0 Å². The van der Waals surface area contributed by atoms with Crippen LogP contribution in [-0.4, -0.2) is 33.5 Å². The van der Waals surface area contributed by atoms with Gasteiger partial charge in [0, 0.05) is 30.1 Å². The number of rotatable bonds is 5. The molecule has 0 unspecified atom stereocenters. The van der Waals surface area contributed by atoms with E-state index in [-0.39, 0.29) is 5.78 Å². The first-order chi connectivity index (χ1) is 14.8. The fourth-order valence-corrected chi connectivity index (χ4v) is 3.41. The second-order valence-corrected chi connectivity index (χ2v) is 6.91. The van der Waals surface area contributed by atoms with E-state index in [1.165, 1.54) is 0 Å². The van der Waals surface area contributed by atoms with Crippen molar-refractivity contribution in [1.29, 1.82) is 0 Å². The summed E-state index contributed by atoms with van der Waals surface area (Å²) in [7, 11) is 0. The molecule has 1 aliphatic rings. The first kappa shape index (κ1) is 18.0. The molecule has 6 heteroatoms. The highest BCUT2D eigenvalue weighted by atomic mass is 16.5. The van der Waals surface area contributed by atoms with Crippen LogP contribution in [-0.2, 0) is 0 Å². The molecule has 30 heavy (non-hydrogen) atoms. The lowest BCUT2D eigenvalue weighted by Crippen LogP contribution is -2.03. The smallest absolute Gasteiger partial charge is 0.228 e. The number of ketones is 1. The number of carbonyl (C=O) groups is 1. The van der Waals surface area contributed by atoms with Gasteiger partial charge in [0.2, 0.25) is 11.7 Å². The predicted octanol–water partition coefficient (Wildman–Crippen LogP) is 4.84. The summed E-state index contributed by atoms with van der Waals surface area (Å²) in [6.07, 6.45) is 6.36. The van der Waals surface area contributed by atoms with Crippen LogP contribution in [0.2, 0.25) is 0 Å². The molecule has 5 rings (SSSR count). The molecule has 3 heterocycles. The van der Waals surface area contributed by atoms with Crippen LogP contribution in [0.3, 0.4) is 0 Å². The molecule has 146 valence electrons. The lowest BCUT2D eigenvalue weighted by molar-refractivity contribution is 0.103. The second-order valence-electron chi connectivity index (χ2n) is 6.91. The largest absolute Gasteiger partial charge is 0.438 e. The van der Waals surface area contributed by atoms with Gasteiger partial charge in [-0.05, 0) is 66.6 Å². The van der Waals surface area contributed by atoms with Crippen LogP contribution in [0.15, 0.2) is 77.9 Å². The van der Waals surface area contributed by atoms with E-state index in [1.54, 1.807) is 30.5 Å². The number of nitrogens with one attached hydrogen (secondary N) is 1. The standard InChI is InChI=1S/C24H18N4O2/c29-22(23-27-20-5-1-2-6-21(20)28-23)17-7-9-18(10-8-17)30-24-19(4-3-13-26-24)16-11-14-25-15-12-16/h1-11,13-14H,12,15H2,(H,27,28). The summed E-state index contributed by atoms with van der Waals surface area (Å²) in [5.74, 6) is 1.31. The number of para-hydroxylation sites is 2. The van der Waals surface area contributed by atoms with Gasteiger partial charge < -0.3 is 9.72 Å². The van der Waals surface area contributed by atoms with E-state index < -0.39 is 0 Å². The quantitative estimate of drug-likeness (QED) is 0.491. The van der Waals surface area contributed by atoms with E-state index in [0.29, 0.717) is 23.0 Å². The molecule has 0 fully saturated rings. The van der Waals surface area contributed by atoms with Crippen LogP contribution < -0.4 is 4.74 Å². The summed E-state index contributed by atoms with van der Waals surface area (Å²) in [6.45, 7) is 0.763. The first-order valence-electron chi connectivity index (χ1n) is 9.70. The van der Waals surface area contributed by atoms with Crippen molar-refractivity contribution in [3.05, 3.63) is 89.9 Å². The molecule has 1 N–H and O–H groups in total. The maximum Gasteiger partial charge on any atom is 0.228 e. The normalized spacial score (nSPS) is 13.3. The maximum atomic E-state index is 12.8. The van der Waals surface area contributed by atoms with E-state index in [9.17, 15) is 4.79 Å². The van der Waals surface area contributed by atoms with Gasteiger partial charge in [0.1, 0.15) is 5.75 Å². The van der Waals surface area contributed by atoms with Gasteiger partial charge in [-0.15, -0.1) is 0 Å². The predicted molar refractivity (Wildman–Crippen MR) is 116 cm³/mol. The van der Waals surface area contributed by atoms with E-state index in [4.69, 9.17) is 4.74 Å². The van der Waals surface area contributed by atoms with Crippen LogP contribution in [0.5, 0.6) is 11.6 Å². The lowest BCUT2D eigenvalue weighted by atomic mass is 10.0. The van der Waals surface area contributed by atoms with Crippen LogP contribution >= 0.6 is 0 Å². The Morgan fingerprint density at radius 3 is 2.67 bits per heavy atom. The monoisotopic (exact) mass is 394 g/mol. The van der Waals surface area contributed by atoms with Crippen molar-refractivity contribution in [3.8, 4) is 11.6 Å². The summed E-state index contributed by atoms with van der Waals surface area (Å²) >= 11 is 0. The molecule has 2 aromatic heterocycles. The van der Waals surface area contributed by atoms with E-state index >= 15 is 0 Å². The minimum absolute atomic E-state index is 0.164. The molecule has 1 aliphatic heterocycles. The summed E-state index contributed by atoms with van der Waals surface area (Å²) in [5.41, 5.74) is 4.24. The van der Waals surface area contributed by atoms with Crippen molar-refractivity contribution in [2.45, 2.75) is 6.42 Å². The van der Waals surface area contributed by atoms with Gasteiger partial charge in [0.25, 0.3) is 0 Å². The zero-order chi connectivity index (χ0) is 20.3. The highest BCUT2D eigenvalue weighted by Crippen LogP contribution is 2.30.